The average Bonchev–Trinajstić information content (AvgIpc) is 3.61. The van der Waals surface area contributed by atoms with E-state index in [0.29, 0.717) is 21.2 Å². The quantitative estimate of drug-likeness (QED) is 0.191. The lowest BCUT2D eigenvalue weighted by atomic mass is 9.93. The number of sulfonamides is 1. The third kappa shape index (κ3) is 7.16. The van der Waals surface area contributed by atoms with Crippen LogP contribution in [-0.4, -0.2) is 77.0 Å². The Morgan fingerprint density at radius 1 is 0.922 bits per heavy atom. The zero-order valence-electron chi connectivity index (χ0n) is 27.5. The van der Waals surface area contributed by atoms with Crippen LogP contribution in [0.5, 0.6) is 5.75 Å². The van der Waals surface area contributed by atoms with Crippen LogP contribution in [0.4, 0.5) is 18.0 Å². The Hall–Kier alpha value is -3.82. The van der Waals surface area contributed by atoms with Crippen LogP contribution in [0.15, 0.2) is 76.6 Å². The summed E-state index contributed by atoms with van der Waals surface area (Å²) in [4.78, 5) is 22.7. The standard InChI is InChI=1S/C34H32Cl3F3N6O4S/c1-4-50-27-19-23(34(38,39)40)9-14-26(27)32-41-28(21-5-10-24(35)11-6-21)29(22-7-12-25(36)13-8-22)46(32)33(47)44-15-17-45(18-16-44)51(48,49)30-20(2)42-43(3)31(30)37/h5-14,19,28-29H,4,15-18H2,1-3H3. The molecule has 0 N–H and O–H groups in total. The molecule has 0 aliphatic carbocycles. The number of aryl methyl sites for hydroxylation is 2. The van der Waals surface area contributed by atoms with Crippen LogP contribution in [0.2, 0.25) is 15.2 Å². The van der Waals surface area contributed by atoms with Crippen LogP contribution in [0.1, 0.15) is 47.0 Å². The van der Waals surface area contributed by atoms with E-state index in [0.717, 1.165) is 12.1 Å². The Labute approximate surface area is 308 Å². The van der Waals surface area contributed by atoms with Crippen molar-refractivity contribution >= 4 is 56.7 Å². The Bertz CT molecular complexity index is 2090. The third-order valence-corrected chi connectivity index (χ3v) is 11.9. The van der Waals surface area contributed by atoms with Crippen molar-refractivity contribution in [1.82, 2.24) is 23.9 Å². The summed E-state index contributed by atoms with van der Waals surface area (Å²) in [5.74, 6) is -0.0139. The lowest BCUT2D eigenvalue weighted by Crippen LogP contribution is -2.55. The highest BCUT2D eigenvalue weighted by Crippen LogP contribution is 2.46. The first-order chi connectivity index (χ1) is 24.1. The van der Waals surface area contributed by atoms with Crippen molar-refractivity contribution in [1.29, 1.82) is 0 Å². The number of nitrogens with zero attached hydrogens (tertiary/aromatic N) is 6. The Morgan fingerprint density at radius 2 is 1.51 bits per heavy atom. The minimum Gasteiger partial charge on any atom is -0.493 e. The number of aliphatic imine (C=N–C) groups is 1. The van der Waals surface area contributed by atoms with E-state index in [-0.39, 0.29) is 65.7 Å². The molecule has 2 amide bonds. The van der Waals surface area contributed by atoms with Gasteiger partial charge in [0, 0.05) is 43.3 Å². The highest BCUT2D eigenvalue weighted by molar-refractivity contribution is 7.89. The van der Waals surface area contributed by atoms with Gasteiger partial charge in [-0.2, -0.15) is 22.6 Å². The molecule has 0 radical (unpaired) electrons. The summed E-state index contributed by atoms with van der Waals surface area (Å²) in [6.45, 7) is 3.16. The van der Waals surface area contributed by atoms with Crippen molar-refractivity contribution in [2.24, 2.45) is 12.0 Å². The number of amides is 2. The van der Waals surface area contributed by atoms with E-state index >= 15 is 0 Å². The van der Waals surface area contributed by atoms with E-state index in [9.17, 15) is 26.4 Å². The van der Waals surface area contributed by atoms with Crippen LogP contribution in [0.3, 0.4) is 0 Å². The number of rotatable bonds is 7. The summed E-state index contributed by atoms with van der Waals surface area (Å²) >= 11 is 18.8. The number of halogens is 6. The zero-order chi connectivity index (χ0) is 36.8. The summed E-state index contributed by atoms with van der Waals surface area (Å²) in [6.07, 6.45) is -4.65. The number of urea groups is 1. The molecule has 2 unspecified atom stereocenters. The molecule has 10 nitrogen and oxygen atoms in total. The predicted molar refractivity (Wildman–Crippen MR) is 188 cm³/mol. The maximum Gasteiger partial charge on any atom is 0.416 e. The van der Waals surface area contributed by atoms with Gasteiger partial charge in [0.2, 0.25) is 10.0 Å². The number of piperazine rings is 1. The highest BCUT2D eigenvalue weighted by atomic mass is 35.5. The van der Waals surface area contributed by atoms with Gasteiger partial charge < -0.3 is 9.64 Å². The van der Waals surface area contributed by atoms with Gasteiger partial charge in [0.1, 0.15) is 27.7 Å². The number of hydrogen-bond acceptors (Lipinski definition) is 6. The molecular weight excluding hydrogens is 752 g/mol. The largest absolute Gasteiger partial charge is 0.493 e. The number of alkyl halides is 3. The average molecular weight is 784 g/mol. The second kappa shape index (κ2) is 14.3. The maximum absolute atomic E-state index is 14.8. The van der Waals surface area contributed by atoms with Crippen molar-refractivity contribution in [3.05, 3.63) is 110 Å². The van der Waals surface area contributed by atoms with Gasteiger partial charge in [0.15, 0.2) is 0 Å². The van der Waals surface area contributed by atoms with Gasteiger partial charge in [0.25, 0.3) is 0 Å². The molecule has 1 fully saturated rings. The molecule has 4 aromatic rings. The van der Waals surface area contributed by atoms with Gasteiger partial charge in [-0.05, 0) is 67.4 Å². The molecule has 270 valence electrons. The first kappa shape index (κ1) is 37.0. The second-order valence-corrected chi connectivity index (χ2v) is 15.1. The van der Waals surface area contributed by atoms with E-state index in [4.69, 9.17) is 44.5 Å². The van der Waals surface area contributed by atoms with Gasteiger partial charge in [-0.1, -0.05) is 59.1 Å². The lowest BCUT2D eigenvalue weighted by Gasteiger charge is -2.38. The number of amidine groups is 1. The second-order valence-electron chi connectivity index (χ2n) is 12.0. The topological polar surface area (TPSA) is 100 Å². The molecular formula is C34H32Cl3F3N6O4S. The molecule has 2 aliphatic heterocycles. The van der Waals surface area contributed by atoms with Gasteiger partial charge in [-0.3, -0.25) is 14.6 Å². The normalized spacial score (nSPS) is 18.6. The number of benzene rings is 3. The minimum atomic E-state index is -4.65. The lowest BCUT2D eigenvalue weighted by molar-refractivity contribution is -0.137. The summed E-state index contributed by atoms with van der Waals surface area (Å²) in [5, 5.41) is 5.05. The van der Waals surface area contributed by atoms with Crippen LogP contribution < -0.4 is 4.74 Å². The van der Waals surface area contributed by atoms with Gasteiger partial charge in [-0.25, -0.2) is 13.2 Å². The van der Waals surface area contributed by atoms with E-state index in [1.807, 2.05) is 0 Å². The molecule has 2 aliphatic rings. The first-order valence-corrected chi connectivity index (χ1v) is 18.4. The molecule has 2 atom stereocenters. The monoisotopic (exact) mass is 782 g/mol. The molecule has 1 saturated heterocycles. The molecule has 17 heteroatoms. The minimum absolute atomic E-state index is 0.00303. The number of carbonyl (C=O) groups excluding carboxylic acids is 1. The summed E-state index contributed by atoms with van der Waals surface area (Å²) in [5.41, 5.74) is 0.850. The fourth-order valence-electron chi connectivity index (χ4n) is 6.32. The summed E-state index contributed by atoms with van der Waals surface area (Å²) in [6, 6.07) is 14.8. The third-order valence-electron chi connectivity index (χ3n) is 8.75. The molecule has 0 bridgehead atoms. The van der Waals surface area contributed by atoms with Crippen LogP contribution in [-0.2, 0) is 23.2 Å². The van der Waals surface area contributed by atoms with E-state index in [1.54, 1.807) is 69.4 Å². The van der Waals surface area contributed by atoms with Crippen LogP contribution in [0.25, 0.3) is 0 Å². The molecule has 0 spiro atoms. The number of ether oxygens (including phenoxy) is 1. The van der Waals surface area contributed by atoms with Crippen molar-refractivity contribution < 1.29 is 31.1 Å². The molecule has 3 heterocycles. The van der Waals surface area contributed by atoms with Crippen LogP contribution in [0, 0.1) is 6.92 Å². The molecule has 0 saturated carbocycles. The van der Waals surface area contributed by atoms with E-state index < -0.39 is 39.9 Å². The number of carbonyl (C=O) groups is 1. The zero-order valence-corrected chi connectivity index (χ0v) is 30.6. The maximum atomic E-state index is 14.8. The SMILES string of the molecule is CCOc1cc(C(F)(F)F)ccc1C1=NC(c2ccc(Cl)cc2)C(c2ccc(Cl)cc2)N1C(=O)N1CCN(S(=O)(=O)c2c(C)nn(C)c2Cl)CC1. The molecule has 6 rings (SSSR count). The fourth-order valence-corrected chi connectivity index (χ4v) is 8.70. The smallest absolute Gasteiger partial charge is 0.416 e. The van der Waals surface area contributed by atoms with E-state index in [1.165, 1.54) is 24.9 Å². The predicted octanol–water partition coefficient (Wildman–Crippen LogP) is 7.78. The Morgan fingerprint density at radius 3 is 2.04 bits per heavy atom. The highest BCUT2D eigenvalue weighted by Gasteiger charge is 2.46. The molecule has 51 heavy (non-hydrogen) atoms. The fraction of sp³-hybridized carbons (Fsp3) is 0.324. The van der Waals surface area contributed by atoms with Crippen molar-refractivity contribution in [3.8, 4) is 5.75 Å². The molecule has 1 aromatic heterocycles. The molecule has 3 aromatic carbocycles. The summed E-state index contributed by atoms with van der Waals surface area (Å²) < 4.78 is 77.0. The first-order valence-electron chi connectivity index (χ1n) is 15.8. The van der Waals surface area contributed by atoms with E-state index in [2.05, 4.69) is 5.10 Å². The Balaban J connectivity index is 1.43. The van der Waals surface area contributed by atoms with Gasteiger partial charge >= 0.3 is 12.2 Å². The van der Waals surface area contributed by atoms with Crippen molar-refractivity contribution in [2.75, 3.05) is 32.8 Å². The van der Waals surface area contributed by atoms with Crippen molar-refractivity contribution in [2.45, 2.75) is 37.0 Å². The Kier molecular flexibility index (Phi) is 10.4. The van der Waals surface area contributed by atoms with Gasteiger partial charge in [-0.15, -0.1) is 0 Å². The summed E-state index contributed by atoms with van der Waals surface area (Å²) in [7, 11) is -2.50. The van der Waals surface area contributed by atoms with Gasteiger partial charge in [0.05, 0.1) is 29.5 Å². The number of hydrogen-bond donors (Lipinski definition) is 0. The van der Waals surface area contributed by atoms with Crippen LogP contribution >= 0.6 is 34.8 Å². The van der Waals surface area contributed by atoms with Crippen molar-refractivity contribution in [3.63, 3.8) is 0 Å². The number of aromatic nitrogens is 2.